The quantitative estimate of drug-likeness (QED) is 0.846. The summed E-state index contributed by atoms with van der Waals surface area (Å²) in [6.07, 6.45) is 0. The van der Waals surface area contributed by atoms with Crippen LogP contribution < -0.4 is 11.1 Å². The van der Waals surface area contributed by atoms with Crippen molar-refractivity contribution >= 4 is 10.9 Å². The number of aryl methyl sites for hydroxylation is 1. The summed E-state index contributed by atoms with van der Waals surface area (Å²) >= 11 is 0. The van der Waals surface area contributed by atoms with Gasteiger partial charge in [0.25, 0.3) is 0 Å². The maximum Gasteiger partial charge on any atom is 0.0480 e. The zero-order valence-corrected chi connectivity index (χ0v) is 10.8. The number of benzene rings is 1. The Labute approximate surface area is 103 Å². The standard InChI is InChI=1S/C14H21N3/c1-10(2)16-9-13-7-12-6-11(8-15)4-5-14(12)17(13)3/h4-7,10,16H,8-9,15H2,1-3H3. The van der Waals surface area contributed by atoms with E-state index in [0.29, 0.717) is 12.6 Å². The average molecular weight is 231 g/mol. The fourth-order valence-electron chi connectivity index (χ4n) is 2.06. The zero-order chi connectivity index (χ0) is 12.4. The van der Waals surface area contributed by atoms with Crippen LogP contribution in [0.2, 0.25) is 0 Å². The molecule has 0 fully saturated rings. The average Bonchev–Trinajstić information content (AvgIpc) is 2.63. The second-order valence-electron chi connectivity index (χ2n) is 4.83. The van der Waals surface area contributed by atoms with Crippen LogP contribution in [0, 0.1) is 0 Å². The van der Waals surface area contributed by atoms with E-state index in [-0.39, 0.29) is 0 Å². The van der Waals surface area contributed by atoms with Gasteiger partial charge in [0, 0.05) is 42.8 Å². The van der Waals surface area contributed by atoms with Crippen molar-refractivity contribution < 1.29 is 0 Å². The molecule has 0 radical (unpaired) electrons. The first-order valence-corrected chi connectivity index (χ1v) is 6.12. The summed E-state index contributed by atoms with van der Waals surface area (Å²) in [7, 11) is 2.11. The van der Waals surface area contributed by atoms with Crippen LogP contribution in [-0.2, 0) is 20.1 Å². The third-order valence-electron chi connectivity index (χ3n) is 3.13. The topological polar surface area (TPSA) is 43.0 Å². The maximum atomic E-state index is 5.66. The van der Waals surface area contributed by atoms with Crippen molar-refractivity contribution in [3.05, 3.63) is 35.5 Å². The van der Waals surface area contributed by atoms with E-state index in [1.54, 1.807) is 0 Å². The summed E-state index contributed by atoms with van der Waals surface area (Å²) in [5, 5.41) is 4.72. The molecule has 1 aromatic carbocycles. The molecular formula is C14H21N3. The number of aromatic nitrogens is 1. The Morgan fingerprint density at radius 1 is 1.29 bits per heavy atom. The van der Waals surface area contributed by atoms with Gasteiger partial charge in [-0.1, -0.05) is 19.9 Å². The summed E-state index contributed by atoms with van der Waals surface area (Å²) < 4.78 is 2.24. The second-order valence-corrected chi connectivity index (χ2v) is 4.83. The van der Waals surface area contributed by atoms with E-state index in [2.05, 4.69) is 55.0 Å². The highest BCUT2D eigenvalue weighted by atomic mass is 15.0. The molecule has 0 bridgehead atoms. The van der Waals surface area contributed by atoms with Gasteiger partial charge in [-0.05, 0) is 23.8 Å². The van der Waals surface area contributed by atoms with E-state index in [4.69, 9.17) is 5.73 Å². The molecule has 3 N–H and O–H groups in total. The lowest BCUT2D eigenvalue weighted by molar-refractivity contribution is 0.572. The number of nitrogens with one attached hydrogen (secondary N) is 1. The van der Waals surface area contributed by atoms with Crippen LogP contribution >= 0.6 is 0 Å². The molecule has 0 amide bonds. The predicted octanol–water partition coefficient (Wildman–Crippen LogP) is 2.13. The molecule has 0 aliphatic carbocycles. The van der Waals surface area contributed by atoms with E-state index in [1.165, 1.54) is 22.2 Å². The fraction of sp³-hybridized carbons (Fsp3) is 0.429. The van der Waals surface area contributed by atoms with Crippen LogP contribution in [0.5, 0.6) is 0 Å². The first kappa shape index (κ1) is 12.1. The number of nitrogens with two attached hydrogens (primary N) is 1. The molecule has 1 heterocycles. The Morgan fingerprint density at radius 2 is 2.06 bits per heavy atom. The van der Waals surface area contributed by atoms with Crippen molar-refractivity contribution in [1.82, 2.24) is 9.88 Å². The second kappa shape index (κ2) is 4.90. The lowest BCUT2D eigenvalue weighted by Gasteiger charge is -2.09. The Hall–Kier alpha value is -1.32. The lowest BCUT2D eigenvalue weighted by Crippen LogP contribution is -2.22. The first-order valence-electron chi connectivity index (χ1n) is 6.12. The molecule has 0 unspecified atom stereocenters. The number of fused-ring (bicyclic) bond motifs is 1. The Morgan fingerprint density at radius 3 is 2.71 bits per heavy atom. The molecule has 1 aromatic heterocycles. The minimum Gasteiger partial charge on any atom is -0.346 e. The fourth-order valence-corrected chi connectivity index (χ4v) is 2.06. The third kappa shape index (κ3) is 2.51. The van der Waals surface area contributed by atoms with Gasteiger partial charge in [-0.15, -0.1) is 0 Å². The van der Waals surface area contributed by atoms with Crippen LogP contribution in [-0.4, -0.2) is 10.6 Å². The SMILES string of the molecule is CC(C)NCc1cc2cc(CN)ccc2n1C. The number of rotatable bonds is 4. The van der Waals surface area contributed by atoms with Crippen molar-refractivity contribution in [1.29, 1.82) is 0 Å². The molecule has 2 rings (SSSR count). The minimum atomic E-state index is 0.507. The van der Waals surface area contributed by atoms with Gasteiger partial charge in [0.1, 0.15) is 0 Å². The lowest BCUT2D eigenvalue weighted by atomic mass is 10.1. The summed E-state index contributed by atoms with van der Waals surface area (Å²) in [4.78, 5) is 0. The van der Waals surface area contributed by atoms with Crippen LogP contribution in [0.25, 0.3) is 10.9 Å². The normalized spacial score (nSPS) is 11.6. The predicted molar refractivity (Wildman–Crippen MR) is 72.8 cm³/mol. The molecule has 0 atom stereocenters. The Kier molecular flexibility index (Phi) is 3.50. The van der Waals surface area contributed by atoms with Crippen LogP contribution in [0.4, 0.5) is 0 Å². The van der Waals surface area contributed by atoms with Gasteiger partial charge in [0.05, 0.1) is 0 Å². The van der Waals surface area contributed by atoms with E-state index in [0.717, 1.165) is 6.54 Å². The molecule has 0 aliphatic rings. The summed E-state index contributed by atoms with van der Waals surface area (Å²) in [5.74, 6) is 0. The number of hydrogen-bond donors (Lipinski definition) is 2. The van der Waals surface area contributed by atoms with Gasteiger partial charge in [-0.2, -0.15) is 0 Å². The Bertz CT molecular complexity index is 511. The van der Waals surface area contributed by atoms with Gasteiger partial charge in [-0.25, -0.2) is 0 Å². The molecule has 0 spiro atoms. The summed E-state index contributed by atoms with van der Waals surface area (Å²) in [6.45, 7) is 5.83. The van der Waals surface area contributed by atoms with Crippen molar-refractivity contribution in [2.45, 2.75) is 33.0 Å². The van der Waals surface area contributed by atoms with Gasteiger partial charge in [-0.3, -0.25) is 0 Å². The molecule has 3 nitrogen and oxygen atoms in total. The van der Waals surface area contributed by atoms with E-state index in [9.17, 15) is 0 Å². The minimum absolute atomic E-state index is 0.507. The molecule has 3 heteroatoms. The molecule has 0 aliphatic heterocycles. The molecule has 0 saturated carbocycles. The Balaban J connectivity index is 2.34. The monoisotopic (exact) mass is 231 g/mol. The molecule has 0 saturated heterocycles. The highest BCUT2D eigenvalue weighted by molar-refractivity contribution is 5.82. The third-order valence-corrected chi connectivity index (χ3v) is 3.13. The van der Waals surface area contributed by atoms with Gasteiger partial charge < -0.3 is 15.6 Å². The summed E-state index contributed by atoms with van der Waals surface area (Å²) in [5.41, 5.74) is 9.43. The maximum absolute atomic E-state index is 5.66. The molecule has 2 aromatic rings. The van der Waals surface area contributed by atoms with Crippen molar-refractivity contribution in [2.24, 2.45) is 12.8 Å². The zero-order valence-electron chi connectivity index (χ0n) is 10.8. The summed E-state index contributed by atoms with van der Waals surface area (Å²) in [6, 6.07) is 9.17. The van der Waals surface area contributed by atoms with Crippen molar-refractivity contribution in [3.63, 3.8) is 0 Å². The van der Waals surface area contributed by atoms with E-state index < -0.39 is 0 Å². The van der Waals surface area contributed by atoms with Crippen molar-refractivity contribution in [2.75, 3.05) is 0 Å². The smallest absolute Gasteiger partial charge is 0.0480 e. The van der Waals surface area contributed by atoms with Gasteiger partial charge in [0.2, 0.25) is 0 Å². The molecular weight excluding hydrogens is 210 g/mol. The van der Waals surface area contributed by atoms with Crippen molar-refractivity contribution in [3.8, 4) is 0 Å². The highest BCUT2D eigenvalue weighted by Crippen LogP contribution is 2.20. The highest BCUT2D eigenvalue weighted by Gasteiger charge is 2.06. The van der Waals surface area contributed by atoms with Gasteiger partial charge >= 0.3 is 0 Å². The van der Waals surface area contributed by atoms with Crippen LogP contribution in [0.1, 0.15) is 25.1 Å². The first-order chi connectivity index (χ1) is 8.11. The number of hydrogen-bond acceptors (Lipinski definition) is 2. The van der Waals surface area contributed by atoms with E-state index in [1.807, 2.05) is 0 Å². The van der Waals surface area contributed by atoms with Crippen LogP contribution in [0.3, 0.4) is 0 Å². The molecule has 17 heavy (non-hydrogen) atoms. The largest absolute Gasteiger partial charge is 0.346 e. The molecule has 92 valence electrons. The number of nitrogens with zero attached hydrogens (tertiary/aromatic N) is 1. The van der Waals surface area contributed by atoms with Gasteiger partial charge in [0.15, 0.2) is 0 Å². The van der Waals surface area contributed by atoms with E-state index >= 15 is 0 Å². The van der Waals surface area contributed by atoms with Crippen LogP contribution in [0.15, 0.2) is 24.3 Å².